The van der Waals surface area contributed by atoms with Crippen LogP contribution in [0.5, 0.6) is 0 Å². The normalized spacial score (nSPS) is 17.1. The van der Waals surface area contributed by atoms with Gasteiger partial charge in [-0.3, -0.25) is 0 Å². The Morgan fingerprint density at radius 3 is 1.50 bits per heavy atom. The topological polar surface area (TPSA) is 0 Å². The standard InChI is InChI=1S/C14H8/c1-2-4-6-8-10-12-14-13-11-9-7-5-3-1/h1-2,12,14H,7,9H2/b2-1-,14-12-. The van der Waals surface area contributed by atoms with Crippen molar-refractivity contribution in [3.63, 3.8) is 0 Å². The molecule has 14 heavy (non-hydrogen) atoms. The summed E-state index contributed by atoms with van der Waals surface area (Å²) in [6.45, 7) is 0. The Bertz CT molecular complexity index is 423. The molecule has 1 aliphatic carbocycles. The lowest BCUT2D eigenvalue weighted by Gasteiger charge is -1.76. The lowest BCUT2D eigenvalue weighted by Crippen LogP contribution is -1.65. The highest BCUT2D eigenvalue weighted by Gasteiger charge is 1.72. The number of hydrogen-bond donors (Lipinski definition) is 0. The maximum absolute atomic E-state index is 2.97. The molecule has 0 aromatic carbocycles. The van der Waals surface area contributed by atoms with Gasteiger partial charge in [0.05, 0.1) is 0 Å². The van der Waals surface area contributed by atoms with Gasteiger partial charge in [0.15, 0.2) is 0 Å². The van der Waals surface area contributed by atoms with Gasteiger partial charge >= 0.3 is 0 Å². The zero-order valence-electron chi connectivity index (χ0n) is 7.72. The molecular formula is C14H8. The first-order valence-corrected chi connectivity index (χ1v) is 4.28. The van der Waals surface area contributed by atoms with Gasteiger partial charge in [0.25, 0.3) is 0 Å². The van der Waals surface area contributed by atoms with Crippen molar-refractivity contribution < 1.29 is 0 Å². The summed E-state index contributed by atoms with van der Waals surface area (Å²) in [7, 11) is 0. The maximum Gasteiger partial charge on any atom is 0.0202 e. The summed E-state index contributed by atoms with van der Waals surface area (Å²) in [6.07, 6.45) is 8.44. The van der Waals surface area contributed by atoms with Crippen molar-refractivity contribution in [2.24, 2.45) is 0 Å². The SMILES string of the molecule is C1#C/C=C\C#CCCC#C/C=C\C#C1. The van der Waals surface area contributed by atoms with Crippen LogP contribution in [-0.4, -0.2) is 0 Å². The van der Waals surface area contributed by atoms with Crippen molar-refractivity contribution >= 4 is 0 Å². The van der Waals surface area contributed by atoms with Crippen LogP contribution in [0.1, 0.15) is 12.8 Å². The quantitative estimate of drug-likeness (QED) is 0.494. The summed E-state index contributed by atoms with van der Waals surface area (Å²) in [5, 5.41) is 0. The molecule has 0 aromatic heterocycles. The fourth-order valence-electron chi connectivity index (χ4n) is 0.709. The first-order valence-electron chi connectivity index (χ1n) is 4.28. The Morgan fingerprint density at radius 2 is 1.00 bits per heavy atom. The van der Waals surface area contributed by atoms with Crippen LogP contribution < -0.4 is 0 Å². The Kier molecular flexibility index (Phi) is 5.16. The molecule has 0 aliphatic heterocycles. The first-order chi connectivity index (χ1) is 7.00. The zero-order chi connectivity index (χ0) is 9.90. The van der Waals surface area contributed by atoms with Gasteiger partial charge in [-0.15, -0.1) is 0 Å². The molecule has 0 nitrogen and oxygen atoms in total. The van der Waals surface area contributed by atoms with Gasteiger partial charge in [0, 0.05) is 12.8 Å². The minimum atomic E-state index is 0.796. The number of hydrogen-bond acceptors (Lipinski definition) is 0. The highest BCUT2D eigenvalue weighted by atomic mass is 13.8. The minimum Gasteiger partial charge on any atom is -0.0975 e. The van der Waals surface area contributed by atoms with E-state index >= 15 is 0 Å². The van der Waals surface area contributed by atoms with Gasteiger partial charge < -0.3 is 0 Å². The summed E-state index contributed by atoms with van der Waals surface area (Å²) in [5.74, 6) is 22.6. The van der Waals surface area contributed by atoms with Crippen LogP contribution in [0.4, 0.5) is 0 Å². The summed E-state index contributed by atoms with van der Waals surface area (Å²) in [4.78, 5) is 0. The summed E-state index contributed by atoms with van der Waals surface area (Å²) in [6, 6.07) is 0. The molecule has 0 unspecified atom stereocenters. The van der Waals surface area contributed by atoms with Gasteiger partial charge in [-0.05, 0) is 36.1 Å². The predicted molar refractivity (Wildman–Crippen MR) is 58.6 cm³/mol. The van der Waals surface area contributed by atoms with Crippen LogP contribution in [0.3, 0.4) is 0 Å². The van der Waals surface area contributed by atoms with E-state index in [1.54, 1.807) is 24.3 Å². The molecule has 0 heterocycles. The summed E-state index contributed by atoms with van der Waals surface area (Å²) < 4.78 is 0. The van der Waals surface area contributed by atoms with E-state index in [-0.39, 0.29) is 0 Å². The Labute approximate surface area is 85.1 Å². The first kappa shape index (κ1) is 9.81. The van der Waals surface area contributed by atoms with E-state index in [2.05, 4.69) is 47.4 Å². The van der Waals surface area contributed by atoms with Crippen LogP contribution in [0.15, 0.2) is 24.3 Å². The molecule has 0 heteroatoms. The second-order valence-electron chi connectivity index (χ2n) is 2.35. The van der Waals surface area contributed by atoms with Crippen molar-refractivity contribution in [2.45, 2.75) is 12.8 Å². The Hall–Kier alpha value is -2.28. The van der Waals surface area contributed by atoms with Gasteiger partial charge in [-0.25, -0.2) is 0 Å². The summed E-state index contributed by atoms with van der Waals surface area (Å²) >= 11 is 0. The zero-order valence-corrected chi connectivity index (χ0v) is 7.72. The molecule has 0 radical (unpaired) electrons. The van der Waals surface area contributed by atoms with Gasteiger partial charge in [0.2, 0.25) is 0 Å². The third kappa shape index (κ3) is 5.38. The number of allylic oxidation sites excluding steroid dienone is 4. The van der Waals surface area contributed by atoms with E-state index in [0.29, 0.717) is 0 Å². The van der Waals surface area contributed by atoms with Gasteiger partial charge in [-0.1, -0.05) is 35.5 Å². The molecule has 0 spiro atoms. The molecule has 0 saturated carbocycles. The third-order valence-electron chi connectivity index (χ3n) is 1.29. The molecule has 0 fully saturated rings. The fraction of sp³-hybridized carbons (Fsp3) is 0.143. The second kappa shape index (κ2) is 7.37. The Balaban J connectivity index is 2.73. The molecule has 0 aromatic rings. The largest absolute Gasteiger partial charge is 0.0975 e. The van der Waals surface area contributed by atoms with E-state index < -0.39 is 0 Å². The average Bonchev–Trinajstić information content (AvgIpc) is 2.22. The molecule has 1 rings (SSSR count). The lowest BCUT2D eigenvalue weighted by atomic mass is 10.3. The number of rotatable bonds is 0. The predicted octanol–water partition coefficient (Wildman–Crippen LogP) is 1.91. The third-order valence-corrected chi connectivity index (χ3v) is 1.29. The molecule has 1 aliphatic rings. The van der Waals surface area contributed by atoms with E-state index in [1.165, 1.54) is 0 Å². The van der Waals surface area contributed by atoms with Crippen LogP contribution in [-0.2, 0) is 0 Å². The maximum atomic E-state index is 2.97. The smallest absolute Gasteiger partial charge is 0.0202 e. The van der Waals surface area contributed by atoms with E-state index in [1.807, 2.05) is 0 Å². The monoisotopic (exact) mass is 176 g/mol. The van der Waals surface area contributed by atoms with Crippen molar-refractivity contribution in [3.05, 3.63) is 24.3 Å². The Morgan fingerprint density at radius 1 is 0.571 bits per heavy atom. The van der Waals surface area contributed by atoms with E-state index in [0.717, 1.165) is 12.8 Å². The van der Waals surface area contributed by atoms with Crippen LogP contribution in [0.2, 0.25) is 0 Å². The van der Waals surface area contributed by atoms with Crippen LogP contribution in [0, 0.1) is 47.4 Å². The molecule has 0 atom stereocenters. The fourth-order valence-corrected chi connectivity index (χ4v) is 0.709. The molecule has 0 saturated heterocycles. The van der Waals surface area contributed by atoms with Crippen LogP contribution >= 0.6 is 0 Å². The van der Waals surface area contributed by atoms with Gasteiger partial charge in [-0.2, -0.15) is 0 Å². The minimum absolute atomic E-state index is 0.796. The van der Waals surface area contributed by atoms with Crippen LogP contribution in [0.25, 0.3) is 0 Å². The highest BCUT2D eigenvalue weighted by molar-refractivity contribution is 5.37. The van der Waals surface area contributed by atoms with E-state index in [4.69, 9.17) is 0 Å². The van der Waals surface area contributed by atoms with Crippen molar-refractivity contribution in [1.29, 1.82) is 0 Å². The molecule has 0 N–H and O–H groups in total. The average molecular weight is 176 g/mol. The lowest BCUT2D eigenvalue weighted by molar-refractivity contribution is 1.12. The van der Waals surface area contributed by atoms with Crippen molar-refractivity contribution in [2.75, 3.05) is 0 Å². The second-order valence-corrected chi connectivity index (χ2v) is 2.35. The van der Waals surface area contributed by atoms with Gasteiger partial charge in [0.1, 0.15) is 0 Å². The van der Waals surface area contributed by atoms with Crippen molar-refractivity contribution in [3.8, 4) is 47.4 Å². The van der Waals surface area contributed by atoms with Crippen molar-refractivity contribution in [1.82, 2.24) is 0 Å². The highest BCUT2D eigenvalue weighted by Crippen LogP contribution is 1.83. The molecular weight excluding hydrogens is 168 g/mol. The van der Waals surface area contributed by atoms with E-state index in [9.17, 15) is 0 Å². The molecule has 0 bridgehead atoms. The molecule has 0 amide bonds. The molecule has 64 valence electrons. The summed E-state index contributed by atoms with van der Waals surface area (Å²) in [5.41, 5.74) is 0.